The Morgan fingerprint density at radius 3 is 2.67 bits per heavy atom. The van der Waals surface area contributed by atoms with E-state index in [0.29, 0.717) is 5.56 Å². The Morgan fingerprint density at radius 2 is 1.94 bits per heavy atom. The number of halogens is 1. The van der Waals surface area contributed by atoms with Crippen molar-refractivity contribution in [3.8, 4) is 17.6 Å². The number of imide groups is 1. The first-order chi connectivity index (χ1) is 17.5. The third kappa shape index (κ3) is 5.44. The third-order valence-corrected chi connectivity index (χ3v) is 7.07. The van der Waals surface area contributed by atoms with Crippen LogP contribution in [0.15, 0.2) is 54.6 Å². The predicted octanol–water partition coefficient (Wildman–Crippen LogP) is 4.12. The molecule has 4 rings (SSSR count). The smallest absolute Gasteiger partial charge is 0.325 e. The van der Waals surface area contributed by atoms with Crippen molar-refractivity contribution in [2.75, 3.05) is 33.3 Å². The molecule has 0 aliphatic carbocycles. The first kappa shape index (κ1) is 25.5. The fourth-order valence-electron chi connectivity index (χ4n) is 5.20. The summed E-state index contributed by atoms with van der Waals surface area (Å²) in [5.74, 6) is 5.72. The van der Waals surface area contributed by atoms with Gasteiger partial charge in [0.15, 0.2) is 0 Å². The highest BCUT2D eigenvalue weighted by atomic mass is 19.1. The monoisotopic (exact) mass is 489 g/mol. The number of hydrogen-bond acceptors (Lipinski definition) is 4. The first-order valence-electron chi connectivity index (χ1n) is 12.3. The van der Waals surface area contributed by atoms with Gasteiger partial charge in [0.25, 0.3) is 5.91 Å². The standard InChI is InChI=1S/C29H32FN3O3/c1-3-4-17-33-27(34)29(31-28(33)35,21-22-9-7-12-25(30)20-22)24-14-18-32(19-15-24)16-8-11-23-10-5-6-13-26(23)36-2/h5-13,20,24H,14-19,21H2,1-2H3,(H,31,35)/b11-8+. The van der Waals surface area contributed by atoms with E-state index in [1.54, 1.807) is 26.2 Å². The van der Waals surface area contributed by atoms with E-state index in [1.165, 1.54) is 17.0 Å². The number of hydrogen-bond donors (Lipinski definition) is 1. The average molecular weight is 490 g/mol. The predicted molar refractivity (Wildman–Crippen MR) is 138 cm³/mol. The molecule has 0 aromatic heterocycles. The minimum Gasteiger partial charge on any atom is -0.496 e. The summed E-state index contributed by atoms with van der Waals surface area (Å²) in [5, 5.41) is 3.01. The molecule has 2 aliphatic rings. The zero-order valence-electron chi connectivity index (χ0n) is 20.8. The number of amides is 3. The summed E-state index contributed by atoms with van der Waals surface area (Å²) in [4.78, 5) is 30.0. The summed E-state index contributed by atoms with van der Waals surface area (Å²) in [6.45, 7) is 4.10. The van der Waals surface area contributed by atoms with Crippen LogP contribution in [0.1, 0.15) is 30.9 Å². The second-order valence-corrected chi connectivity index (χ2v) is 9.25. The fraction of sp³-hybridized carbons (Fsp3) is 0.379. The van der Waals surface area contributed by atoms with E-state index in [4.69, 9.17) is 4.74 Å². The van der Waals surface area contributed by atoms with Gasteiger partial charge >= 0.3 is 6.03 Å². The molecule has 1 N–H and O–H groups in total. The third-order valence-electron chi connectivity index (χ3n) is 7.07. The van der Waals surface area contributed by atoms with Crippen molar-refractivity contribution < 1.29 is 18.7 Å². The van der Waals surface area contributed by atoms with Gasteiger partial charge in [0.1, 0.15) is 17.1 Å². The maximum absolute atomic E-state index is 13.9. The van der Waals surface area contributed by atoms with Crippen LogP contribution in [-0.4, -0.2) is 60.6 Å². The Morgan fingerprint density at radius 1 is 1.17 bits per heavy atom. The number of benzene rings is 2. The van der Waals surface area contributed by atoms with Crippen molar-refractivity contribution in [1.82, 2.24) is 15.1 Å². The summed E-state index contributed by atoms with van der Waals surface area (Å²) in [7, 11) is 1.66. The molecule has 2 fully saturated rings. The Bertz CT molecular complexity index is 1190. The van der Waals surface area contributed by atoms with Gasteiger partial charge in [0, 0.05) is 18.5 Å². The van der Waals surface area contributed by atoms with Crippen molar-refractivity contribution in [2.45, 2.75) is 31.7 Å². The molecule has 0 bridgehead atoms. The molecule has 0 radical (unpaired) electrons. The Kier molecular flexibility index (Phi) is 8.07. The SMILES string of the molecule is CC#CCN1C(=O)NC(Cc2cccc(F)c2)(C2CCN(C/C=C/c3ccccc3OC)CC2)C1=O. The van der Waals surface area contributed by atoms with Crippen LogP contribution in [0.3, 0.4) is 0 Å². The second kappa shape index (κ2) is 11.4. The van der Waals surface area contributed by atoms with Crippen LogP contribution in [0, 0.1) is 23.6 Å². The summed E-state index contributed by atoms with van der Waals surface area (Å²) < 4.78 is 19.4. The number of urea groups is 1. The number of piperidine rings is 1. The number of rotatable bonds is 8. The van der Waals surface area contributed by atoms with E-state index in [-0.39, 0.29) is 30.6 Å². The molecule has 2 aromatic rings. The van der Waals surface area contributed by atoms with Gasteiger partial charge in [-0.1, -0.05) is 48.4 Å². The van der Waals surface area contributed by atoms with Gasteiger partial charge in [-0.25, -0.2) is 9.18 Å². The second-order valence-electron chi connectivity index (χ2n) is 9.25. The van der Waals surface area contributed by atoms with Crippen molar-refractivity contribution in [3.63, 3.8) is 0 Å². The highest BCUT2D eigenvalue weighted by molar-refractivity contribution is 6.07. The molecular weight excluding hydrogens is 457 g/mol. The van der Waals surface area contributed by atoms with E-state index < -0.39 is 11.6 Å². The lowest BCUT2D eigenvalue weighted by atomic mass is 9.74. The minimum absolute atomic E-state index is 0.0542. The van der Waals surface area contributed by atoms with Gasteiger partial charge in [0.05, 0.1) is 13.7 Å². The zero-order valence-corrected chi connectivity index (χ0v) is 20.8. The molecule has 0 spiro atoms. The number of para-hydroxylation sites is 1. The van der Waals surface area contributed by atoms with Crippen LogP contribution in [0.25, 0.3) is 6.08 Å². The first-order valence-corrected chi connectivity index (χ1v) is 12.3. The number of likely N-dealkylation sites (tertiary alicyclic amines) is 1. The highest BCUT2D eigenvalue weighted by Crippen LogP contribution is 2.36. The lowest BCUT2D eigenvalue weighted by molar-refractivity contribution is -0.133. The molecule has 0 saturated carbocycles. The summed E-state index contributed by atoms with van der Waals surface area (Å²) in [5.41, 5.74) is 0.618. The topological polar surface area (TPSA) is 61.9 Å². The molecule has 1 unspecified atom stereocenters. The number of nitrogens with one attached hydrogen (secondary N) is 1. The van der Waals surface area contributed by atoms with Crippen molar-refractivity contribution >= 4 is 18.0 Å². The molecule has 3 amide bonds. The number of carbonyl (C=O) groups is 2. The van der Waals surface area contributed by atoms with E-state index in [0.717, 1.165) is 43.8 Å². The molecule has 7 heteroatoms. The Balaban J connectivity index is 1.48. The molecule has 6 nitrogen and oxygen atoms in total. The van der Waals surface area contributed by atoms with Gasteiger partial charge in [-0.05, 0) is 62.5 Å². The van der Waals surface area contributed by atoms with Crippen LogP contribution in [0.5, 0.6) is 5.75 Å². The van der Waals surface area contributed by atoms with E-state index >= 15 is 0 Å². The van der Waals surface area contributed by atoms with E-state index in [9.17, 15) is 14.0 Å². The maximum atomic E-state index is 13.9. The van der Waals surface area contributed by atoms with Crippen LogP contribution < -0.4 is 10.1 Å². The van der Waals surface area contributed by atoms with Gasteiger partial charge < -0.3 is 10.1 Å². The van der Waals surface area contributed by atoms with Crippen molar-refractivity contribution in [1.29, 1.82) is 0 Å². The highest BCUT2D eigenvalue weighted by Gasteiger charge is 2.55. The number of carbonyl (C=O) groups excluding carboxylic acids is 2. The molecule has 2 aromatic carbocycles. The molecule has 36 heavy (non-hydrogen) atoms. The zero-order chi connectivity index (χ0) is 25.5. The van der Waals surface area contributed by atoms with Gasteiger partial charge in [-0.2, -0.15) is 0 Å². The summed E-state index contributed by atoms with van der Waals surface area (Å²) in [6.07, 6.45) is 5.93. The largest absolute Gasteiger partial charge is 0.496 e. The van der Waals surface area contributed by atoms with Crippen molar-refractivity contribution in [3.05, 3.63) is 71.6 Å². The van der Waals surface area contributed by atoms with Gasteiger partial charge in [0.2, 0.25) is 0 Å². The number of nitrogens with zero attached hydrogens (tertiary/aromatic N) is 2. The number of methoxy groups -OCH3 is 1. The summed E-state index contributed by atoms with van der Waals surface area (Å²) >= 11 is 0. The maximum Gasteiger partial charge on any atom is 0.325 e. The van der Waals surface area contributed by atoms with Gasteiger partial charge in [-0.3, -0.25) is 14.6 Å². The van der Waals surface area contributed by atoms with Crippen LogP contribution in [0.2, 0.25) is 0 Å². The van der Waals surface area contributed by atoms with Crippen molar-refractivity contribution in [2.24, 2.45) is 5.92 Å². The fourth-order valence-corrected chi connectivity index (χ4v) is 5.20. The summed E-state index contributed by atoms with van der Waals surface area (Å²) in [6, 6.07) is 13.7. The molecule has 188 valence electrons. The molecular formula is C29H32FN3O3. The quantitative estimate of drug-likeness (QED) is 0.448. The molecule has 2 aliphatic heterocycles. The lowest BCUT2D eigenvalue weighted by Gasteiger charge is -2.40. The Hall–Kier alpha value is -3.63. The number of ether oxygens (including phenoxy) is 1. The molecule has 2 saturated heterocycles. The van der Waals surface area contributed by atoms with Crippen LogP contribution >= 0.6 is 0 Å². The Labute approximate surface area is 212 Å². The normalized spacial score (nSPS) is 20.9. The van der Waals surface area contributed by atoms with Crippen LogP contribution in [0.4, 0.5) is 9.18 Å². The van der Waals surface area contributed by atoms with Gasteiger partial charge in [-0.15, -0.1) is 5.92 Å². The van der Waals surface area contributed by atoms with E-state index in [2.05, 4.69) is 34.2 Å². The van der Waals surface area contributed by atoms with Crippen LogP contribution in [-0.2, 0) is 11.2 Å². The lowest BCUT2D eigenvalue weighted by Crippen LogP contribution is -2.57. The minimum atomic E-state index is -1.10. The average Bonchev–Trinajstić information content (AvgIpc) is 3.12. The molecule has 1 atom stereocenters. The van der Waals surface area contributed by atoms with E-state index in [1.807, 2.05) is 24.3 Å². The molecule has 2 heterocycles.